The van der Waals surface area contributed by atoms with Gasteiger partial charge < -0.3 is 14.7 Å². The van der Waals surface area contributed by atoms with Gasteiger partial charge in [-0.05, 0) is 208 Å². The molecule has 2 aliphatic carbocycles. The smallest absolute Gasteiger partial charge is 0.252 e. The van der Waals surface area contributed by atoms with E-state index in [-0.39, 0.29) is 50.0 Å². The lowest BCUT2D eigenvalue weighted by Crippen LogP contribution is -2.62. The van der Waals surface area contributed by atoms with Gasteiger partial charge in [0.25, 0.3) is 6.71 Å². The van der Waals surface area contributed by atoms with Crippen LogP contribution in [0.1, 0.15) is 206 Å². The number of nitrogens with zero attached hydrogens (tertiary/aromatic N) is 3. The number of benzene rings is 9. The molecule has 0 saturated carbocycles. The minimum absolute atomic E-state index is 0.00702. The maximum atomic E-state index is 2.76. The molecule has 0 saturated heterocycles. The van der Waals surface area contributed by atoms with E-state index >= 15 is 0 Å². The molecule has 0 atom stereocenters. The third-order valence-electron chi connectivity index (χ3n) is 21.0. The van der Waals surface area contributed by atoms with E-state index in [0.29, 0.717) is 0 Å². The summed E-state index contributed by atoms with van der Waals surface area (Å²) >= 11 is 0. The predicted octanol–water partition coefficient (Wildman–Crippen LogP) is 21.3. The van der Waals surface area contributed by atoms with Gasteiger partial charge in [0.05, 0.1) is 5.69 Å². The molecule has 9 aromatic rings. The van der Waals surface area contributed by atoms with Crippen molar-refractivity contribution < 1.29 is 0 Å². The van der Waals surface area contributed by atoms with Crippen molar-refractivity contribution in [2.24, 2.45) is 0 Å². The quantitative estimate of drug-likeness (QED) is 0.154. The van der Waals surface area contributed by atoms with Crippen LogP contribution in [0.3, 0.4) is 0 Å². The molecule has 0 radical (unpaired) electrons. The molecule has 4 heteroatoms. The highest BCUT2D eigenvalue weighted by Crippen LogP contribution is 2.57. The average Bonchev–Trinajstić information content (AvgIpc) is 0.753. The number of fused-ring (bicyclic) bond motifs is 7. The molecule has 2 heterocycles. The first-order valence-corrected chi connectivity index (χ1v) is 32.7. The van der Waals surface area contributed by atoms with E-state index in [4.69, 9.17) is 0 Å². The molecule has 13 rings (SSSR count). The number of rotatable bonds is 6. The first-order valence-electron chi connectivity index (χ1n) is 32.7. The van der Waals surface area contributed by atoms with Gasteiger partial charge in [0, 0.05) is 61.9 Å². The zero-order chi connectivity index (χ0) is 63.0. The van der Waals surface area contributed by atoms with Crippen molar-refractivity contribution in [1.29, 1.82) is 0 Å². The second-order valence-corrected chi connectivity index (χ2v) is 33.2. The zero-order valence-electron chi connectivity index (χ0n) is 56.9. The minimum Gasteiger partial charge on any atom is -0.311 e. The van der Waals surface area contributed by atoms with Crippen LogP contribution in [-0.4, -0.2) is 6.71 Å². The Balaban J connectivity index is 1.19. The van der Waals surface area contributed by atoms with Crippen LogP contribution in [0.5, 0.6) is 0 Å². The fourth-order valence-electron chi connectivity index (χ4n) is 16.1. The Morgan fingerprint density at radius 2 is 0.784 bits per heavy atom. The summed E-state index contributed by atoms with van der Waals surface area (Å²) < 4.78 is 0. The lowest BCUT2D eigenvalue weighted by atomic mass is 9.33. The van der Waals surface area contributed by atoms with Crippen molar-refractivity contribution in [3.05, 3.63) is 237 Å². The summed E-state index contributed by atoms with van der Waals surface area (Å²) in [4.78, 5) is 7.96. The van der Waals surface area contributed by atoms with E-state index in [1.54, 1.807) is 0 Å². The van der Waals surface area contributed by atoms with E-state index < -0.39 is 0 Å². The first kappa shape index (κ1) is 59.4. The zero-order valence-corrected chi connectivity index (χ0v) is 56.9. The highest BCUT2D eigenvalue weighted by atomic mass is 15.2. The van der Waals surface area contributed by atoms with Crippen molar-refractivity contribution in [3.63, 3.8) is 0 Å². The first-order chi connectivity index (χ1) is 41.1. The summed E-state index contributed by atoms with van der Waals surface area (Å²) in [5.41, 5.74) is 31.6. The predicted molar refractivity (Wildman–Crippen MR) is 381 cm³/mol. The van der Waals surface area contributed by atoms with Crippen LogP contribution >= 0.6 is 0 Å². The highest BCUT2D eigenvalue weighted by Gasteiger charge is 2.50. The summed E-state index contributed by atoms with van der Waals surface area (Å²) in [5.74, 6) is 0. The highest BCUT2D eigenvalue weighted by molar-refractivity contribution is 7.00. The second kappa shape index (κ2) is 19.7. The monoisotopic (exact) mass is 1160 g/mol. The van der Waals surface area contributed by atoms with Crippen LogP contribution in [0.4, 0.5) is 51.2 Å². The van der Waals surface area contributed by atoms with Gasteiger partial charge in [-0.15, -0.1) is 0 Å². The summed E-state index contributed by atoms with van der Waals surface area (Å²) in [6.07, 6.45) is 1.10. The molecule has 0 unspecified atom stereocenters. The van der Waals surface area contributed by atoms with Gasteiger partial charge >= 0.3 is 0 Å². The SMILES string of the molecule is Cc1cc2c(cc1N1c3cc4c(cc3B3c5cc(N(c6ccc(C(C)(C)C)cc6)c6ccc(C(C)(C)C)cc6)ccc5N(c5ccc(C(C)(C)C)cc5-c5ccccc5)c5cc(C(C)(C)C)cc1c53)C(C)(C)c1ccccc1C4(C)C)C(C)(C)CC2(C)C. The van der Waals surface area contributed by atoms with Gasteiger partial charge in [-0.2, -0.15) is 0 Å². The summed E-state index contributed by atoms with van der Waals surface area (Å²) in [6, 6.07) is 69.8. The molecule has 0 aromatic heterocycles. The lowest BCUT2D eigenvalue weighted by molar-refractivity contribution is 0.403. The van der Waals surface area contributed by atoms with Crippen LogP contribution in [0.25, 0.3) is 11.1 Å². The second-order valence-electron chi connectivity index (χ2n) is 33.2. The van der Waals surface area contributed by atoms with Gasteiger partial charge in [-0.3, -0.25) is 0 Å². The largest absolute Gasteiger partial charge is 0.311 e. The summed E-state index contributed by atoms with van der Waals surface area (Å²) in [7, 11) is 0. The normalized spacial score (nSPS) is 16.7. The molecule has 9 aromatic carbocycles. The Labute approximate surface area is 529 Å². The van der Waals surface area contributed by atoms with Gasteiger partial charge in [0.15, 0.2) is 0 Å². The average molecular weight is 1160 g/mol. The molecule has 0 bridgehead atoms. The Bertz CT molecular complexity index is 4220. The molecule has 3 nitrogen and oxygen atoms in total. The standard InChI is InChI=1S/C84H94BN3/c1-52-43-64-65(82(16,17)51-81(64,14)15)49-72(52)88-73-50-67-66(83(18,19)62-29-25-26-30-63(62)84(67,20)21)48-69(73)85-68-47-60(86(58-36-31-54(32-37-58)77(2,3)4)59-38-33-55(34-39-59)78(5,6)7)40-42-71(68)87(74-45-57(80(11,12)13)46-75(88)76(74)85)70-41-35-56(79(8,9)10)44-61(70)53-27-23-22-24-28-53/h22-50H,51H2,1-21H3. The van der Waals surface area contributed by atoms with Gasteiger partial charge in [-0.1, -0.05) is 236 Å². The van der Waals surface area contributed by atoms with Gasteiger partial charge in [0.2, 0.25) is 0 Å². The fourth-order valence-corrected chi connectivity index (χ4v) is 16.1. The third-order valence-corrected chi connectivity index (χ3v) is 21.0. The van der Waals surface area contributed by atoms with Crippen molar-refractivity contribution >= 4 is 74.3 Å². The Morgan fingerprint density at radius 1 is 0.352 bits per heavy atom. The van der Waals surface area contributed by atoms with Crippen LogP contribution in [0, 0.1) is 6.92 Å². The van der Waals surface area contributed by atoms with E-state index in [1.807, 2.05) is 0 Å². The molecule has 0 amide bonds. The minimum atomic E-state index is -0.278. The molecule has 0 fully saturated rings. The molecule has 4 aliphatic rings. The van der Waals surface area contributed by atoms with Gasteiger partial charge in [0.1, 0.15) is 0 Å². The van der Waals surface area contributed by atoms with Crippen LogP contribution < -0.4 is 31.1 Å². The van der Waals surface area contributed by atoms with E-state index in [1.165, 1.54) is 123 Å². The number of hydrogen-bond donors (Lipinski definition) is 0. The molecule has 0 N–H and O–H groups in total. The van der Waals surface area contributed by atoms with Crippen LogP contribution in [-0.2, 0) is 43.3 Å². The maximum Gasteiger partial charge on any atom is 0.252 e. The Kier molecular flexibility index (Phi) is 13.3. The van der Waals surface area contributed by atoms with E-state index in [9.17, 15) is 0 Å². The topological polar surface area (TPSA) is 9.72 Å². The molecule has 2 aliphatic heterocycles. The number of aryl methyl sites for hydroxylation is 1. The molecular weight excluding hydrogens is 1060 g/mol. The fraction of sp³-hybridized carbons (Fsp3) is 0.357. The van der Waals surface area contributed by atoms with Crippen LogP contribution in [0.2, 0.25) is 0 Å². The van der Waals surface area contributed by atoms with Gasteiger partial charge in [-0.25, -0.2) is 0 Å². The molecule has 448 valence electrons. The number of anilines is 9. The molecular formula is C84H94BN3. The maximum absolute atomic E-state index is 2.76. The third kappa shape index (κ3) is 9.42. The Hall–Kier alpha value is -7.56. The van der Waals surface area contributed by atoms with E-state index in [2.05, 4.69) is 336 Å². The number of hydrogen-bond acceptors (Lipinski definition) is 3. The van der Waals surface area contributed by atoms with Crippen molar-refractivity contribution in [2.75, 3.05) is 14.7 Å². The van der Waals surface area contributed by atoms with E-state index in [0.717, 1.165) is 23.5 Å². The molecule has 0 spiro atoms. The Morgan fingerprint density at radius 3 is 1.31 bits per heavy atom. The summed E-state index contributed by atoms with van der Waals surface area (Å²) in [6.45, 7) is 50.1. The lowest BCUT2D eigenvalue weighted by Gasteiger charge is -2.49. The van der Waals surface area contributed by atoms with Crippen molar-refractivity contribution in [2.45, 2.75) is 195 Å². The van der Waals surface area contributed by atoms with Crippen LogP contribution in [0.15, 0.2) is 176 Å². The van der Waals surface area contributed by atoms with Crippen molar-refractivity contribution in [1.82, 2.24) is 0 Å². The summed E-state index contributed by atoms with van der Waals surface area (Å²) in [5, 5.41) is 0. The van der Waals surface area contributed by atoms with Crippen molar-refractivity contribution in [3.8, 4) is 11.1 Å². The molecule has 88 heavy (non-hydrogen) atoms.